The molecule has 0 aliphatic rings. The van der Waals surface area contributed by atoms with Crippen molar-refractivity contribution < 1.29 is 12.8 Å². The van der Waals surface area contributed by atoms with E-state index in [0.29, 0.717) is 18.0 Å². The molecule has 0 atom stereocenters. The molecule has 1 aromatic heterocycles. The molecule has 1 heterocycles. The van der Waals surface area contributed by atoms with Crippen molar-refractivity contribution in [1.29, 1.82) is 5.26 Å². The van der Waals surface area contributed by atoms with Crippen molar-refractivity contribution in [2.75, 3.05) is 11.1 Å². The third kappa shape index (κ3) is 3.00. The van der Waals surface area contributed by atoms with Crippen molar-refractivity contribution >= 4 is 15.5 Å². The molecule has 1 N–H and O–H groups in total. The summed E-state index contributed by atoms with van der Waals surface area (Å²) in [7, 11) is -3.28. The van der Waals surface area contributed by atoms with Crippen LogP contribution in [0.1, 0.15) is 18.4 Å². The zero-order chi connectivity index (χ0) is 14.6. The zero-order valence-electron chi connectivity index (χ0n) is 11.0. The molecule has 1 aromatic carbocycles. The number of nitrogens with one attached hydrogen (secondary N) is 1. The fourth-order valence-electron chi connectivity index (χ4n) is 1.75. The summed E-state index contributed by atoms with van der Waals surface area (Å²) in [6, 6.07) is 11.9. The minimum atomic E-state index is -3.28. The third-order valence-electron chi connectivity index (χ3n) is 2.83. The van der Waals surface area contributed by atoms with Gasteiger partial charge in [-0.05, 0) is 24.3 Å². The molecule has 0 spiro atoms. The van der Waals surface area contributed by atoms with Gasteiger partial charge in [-0.2, -0.15) is 5.26 Å². The molecule has 20 heavy (non-hydrogen) atoms. The molecular weight excluding hydrogens is 276 g/mol. The van der Waals surface area contributed by atoms with Gasteiger partial charge in [0.05, 0.1) is 22.9 Å². The maximum atomic E-state index is 12.0. The summed E-state index contributed by atoms with van der Waals surface area (Å²) in [5.41, 5.74) is 0.532. The van der Waals surface area contributed by atoms with Gasteiger partial charge in [0.15, 0.2) is 9.84 Å². The molecule has 0 radical (unpaired) electrons. The lowest BCUT2D eigenvalue weighted by Gasteiger charge is -2.10. The van der Waals surface area contributed by atoms with Crippen molar-refractivity contribution in [2.24, 2.45) is 0 Å². The van der Waals surface area contributed by atoms with Crippen LogP contribution in [0.25, 0.3) is 0 Å². The number of hydrogen-bond donors (Lipinski definition) is 1. The van der Waals surface area contributed by atoms with Gasteiger partial charge in [0.1, 0.15) is 11.8 Å². The van der Waals surface area contributed by atoms with Crippen molar-refractivity contribution in [3.8, 4) is 6.07 Å². The van der Waals surface area contributed by atoms with Crippen molar-refractivity contribution in [1.82, 2.24) is 0 Å². The summed E-state index contributed by atoms with van der Waals surface area (Å²) in [5.74, 6) is 0.854. The predicted octanol–water partition coefficient (Wildman–Crippen LogP) is 2.56. The maximum absolute atomic E-state index is 12.0. The monoisotopic (exact) mass is 290 g/mol. The van der Waals surface area contributed by atoms with E-state index in [1.807, 2.05) is 6.07 Å². The highest BCUT2D eigenvalue weighted by atomic mass is 32.2. The Labute approximate surface area is 117 Å². The van der Waals surface area contributed by atoms with Gasteiger partial charge in [-0.1, -0.05) is 19.1 Å². The van der Waals surface area contributed by atoms with E-state index >= 15 is 0 Å². The Morgan fingerprint density at radius 3 is 2.65 bits per heavy atom. The highest BCUT2D eigenvalue weighted by Crippen LogP contribution is 2.22. The Morgan fingerprint density at radius 1 is 1.25 bits per heavy atom. The molecule has 5 nitrogen and oxygen atoms in total. The second kappa shape index (κ2) is 5.80. The number of rotatable bonds is 5. The summed E-state index contributed by atoms with van der Waals surface area (Å²) >= 11 is 0. The van der Waals surface area contributed by atoms with Gasteiger partial charge in [0.2, 0.25) is 5.76 Å². The van der Waals surface area contributed by atoms with E-state index in [2.05, 4.69) is 5.32 Å². The van der Waals surface area contributed by atoms with Crippen LogP contribution < -0.4 is 5.32 Å². The molecule has 0 aliphatic carbocycles. The van der Waals surface area contributed by atoms with Gasteiger partial charge < -0.3 is 9.73 Å². The van der Waals surface area contributed by atoms with Crippen LogP contribution in [0, 0.1) is 11.3 Å². The van der Waals surface area contributed by atoms with Crippen LogP contribution in [0.4, 0.5) is 5.69 Å². The Hall–Kier alpha value is -2.26. The van der Waals surface area contributed by atoms with E-state index in [1.165, 1.54) is 0 Å². The number of benzene rings is 1. The summed E-state index contributed by atoms with van der Waals surface area (Å²) in [4.78, 5) is 0.273. The molecule has 0 bridgehead atoms. The van der Waals surface area contributed by atoms with Crippen LogP contribution in [0.15, 0.2) is 45.7 Å². The summed E-state index contributed by atoms with van der Waals surface area (Å²) in [6.07, 6.45) is 0. The smallest absolute Gasteiger partial charge is 0.203 e. The normalized spacial score (nSPS) is 11.0. The summed E-state index contributed by atoms with van der Waals surface area (Å²) in [5, 5.41) is 11.7. The van der Waals surface area contributed by atoms with E-state index in [0.717, 1.165) is 0 Å². The molecule has 0 saturated heterocycles. The van der Waals surface area contributed by atoms with Gasteiger partial charge in [-0.3, -0.25) is 0 Å². The van der Waals surface area contributed by atoms with Crippen LogP contribution in [-0.4, -0.2) is 14.2 Å². The molecule has 2 aromatic rings. The van der Waals surface area contributed by atoms with Gasteiger partial charge in [-0.15, -0.1) is 0 Å². The van der Waals surface area contributed by atoms with Gasteiger partial charge in [-0.25, -0.2) is 8.42 Å². The number of hydrogen-bond acceptors (Lipinski definition) is 5. The largest absolute Gasteiger partial charge is 0.449 e. The molecule has 0 amide bonds. The molecule has 2 rings (SSSR count). The second-order valence-corrected chi connectivity index (χ2v) is 6.38. The van der Waals surface area contributed by atoms with E-state index in [4.69, 9.17) is 9.68 Å². The quantitative estimate of drug-likeness (QED) is 0.915. The standard InChI is InChI=1S/C14H14N2O3S/c1-2-20(17,18)14-6-4-3-5-13(14)16-10-12-8-7-11(9-15)19-12/h3-8,16H,2,10H2,1H3. The lowest BCUT2D eigenvalue weighted by atomic mass is 10.3. The average Bonchev–Trinajstić information content (AvgIpc) is 2.93. The van der Waals surface area contributed by atoms with Crippen molar-refractivity contribution in [3.05, 3.63) is 47.9 Å². The van der Waals surface area contributed by atoms with E-state index < -0.39 is 9.84 Å². The molecule has 6 heteroatoms. The van der Waals surface area contributed by atoms with Crippen LogP contribution in [-0.2, 0) is 16.4 Å². The SMILES string of the molecule is CCS(=O)(=O)c1ccccc1NCc1ccc(C#N)o1. The van der Waals surface area contributed by atoms with Crippen LogP contribution in [0.2, 0.25) is 0 Å². The molecule has 0 saturated carbocycles. The lowest BCUT2D eigenvalue weighted by Crippen LogP contribution is -2.08. The molecule has 104 valence electrons. The van der Waals surface area contributed by atoms with Crippen LogP contribution >= 0.6 is 0 Å². The Bertz CT molecular complexity index is 742. The van der Waals surface area contributed by atoms with Crippen LogP contribution in [0.5, 0.6) is 0 Å². The number of nitrogens with zero attached hydrogens (tertiary/aromatic N) is 1. The topological polar surface area (TPSA) is 83.1 Å². The highest BCUT2D eigenvalue weighted by molar-refractivity contribution is 7.91. The molecule has 0 unspecified atom stereocenters. The Kier molecular flexibility index (Phi) is 4.11. The minimum absolute atomic E-state index is 0.0467. The van der Waals surface area contributed by atoms with E-state index in [1.54, 1.807) is 43.3 Å². The first kappa shape index (κ1) is 14.2. The van der Waals surface area contributed by atoms with Gasteiger partial charge in [0, 0.05) is 0 Å². The summed E-state index contributed by atoms with van der Waals surface area (Å²) < 4.78 is 29.2. The van der Waals surface area contributed by atoms with Crippen LogP contribution in [0.3, 0.4) is 0 Å². The van der Waals surface area contributed by atoms with E-state index in [9.17, 15) is 8.42 Å². The zero-order valence-corrected chi connectivity index (χ0v) is 11.8. The van der Waals surface area contributed by atoms with Gasteiger partial charge in [0.25, 0.3) is 0 Å². The Balaban J connectivity index is 2.20. The predicted molar refractivity (Wildman–Crippen MR) is 74.9 cm³/mol. The highest BCUT2D eigenvalue weighted by Gasteiger charge is 2.16. The Morgan fingerprint density at radius 2 is 2.00 bits per heavy atom. The number of anilines is 1. The van der Waals surface area contributed by atoms with E-state index in [-0.39, 0.29) is 16.4 Å². The number of para-hydroxylation sites is 1. The lowest BCUT2D eigenvalue weighted by molar-refractivity contribution is 0.506. The number of furan rings is 1. The first-order valence-corrected chi connectivity index (χ1v) is 7.76. The fourth-order valence-corrected chi connectivity index (χ4v) is 2.83. The second-order valence-electron chi connectivity index (χ2n) is 4.13. The average molecular weight is 290 g/mol. The van der Waals surface area contributed by atoms with Gasteiger partial charge >= 0.3 is 0 Å². The first-order chi connectivity index (χ1) is 9.56. The fraction of sp³-hybridized carbons (Fsp3) is 0.214. The minimum Gasteiger partial charge on any atom is -0.449 e. The first-order valence-electron chi connectivity index (χ1n) is 6.11. The van der Waals surface area contributed by atoms with Crippen molar-refractivity contribution in [2.45, 2.75) is 18.4 Å². The number of nitriles is 1. The molecule has 0 aliphatic heterocycles. The number of sulfone groups is 1. The summed E-state index contributed by atoms with van der Waals surface area (Å²) in [6.45, 7) is 1.93. The third-order valence-corrected chi connectivity index (χ3v) is 4.61. The maximum Gasteiger partial charge on any atom is 0.203 e. The van der Waals surface area contributed by atoms with Crippen molar-refractivity contribution in [3.63, 3.8) is 0 Å². The molecule has 0 fully saturated rings. The molecular formula is C14H14N2O3S.